The average molecular weight is 1490 g/mol. The fourth-order valence-corrected chi connectivity index (χ4v) is 15.5. The molecule has 28 nitrogen and oxygen atoms in total. The van der Waals surface area contributed by atoms with Crippen LogP contribution in [0.4, 0.5) is 11.4 Å². The number of rotatable bonds is 27. The molecule has 0 unspecified atom stereocenters. The highest BCUT2D eigenvalue weighted by molar-refractivity contribution is 5.93. The number of aromatic amines is 3. The molecule has 8 N–H and O–H groups in total. The van der Waals surface area contributed by atoms with Crippen LogP contribution in [-0.4, -0.2) is 145 Å². The summed E-state index contributed by atoms with van der Waals surface area (Å²) in [5.41, 5.74) is 15.8. The number of anilines is 2. The van der Waals surface area contributed by atoms with Gasteiger partial charge in [-0.1, -0.05) is 52.2 Å². The van der Waals surface area contributed by atoms with E-state index >= 15 is 0 Å². The number of Topliss-reactive ketones (excluding diaryl/α,β-unsaturated/α-hetero) is 1. The third kappa shape index (κ3) is 18.9. The van der Waals surface area contributed by atoms with Crippen molar-refractivity contribution in [3.63, 3.8) is 0 Å². The molecule has 2 saturated heterocycles. The van der Waals surface area contributed by atoms with Crippen LogP contribution in [0.5, 0.6) is 17.2 Å². The quantitative estimate of drug-likeness (QED) is 0.0175. The number of hydrogen-bond donors (Lipinski definition) is 8. The molecular weight excluding hydrogens is 1390 g/mol. The van der Waals surface area contributed by atoms with Gasteiger partial charge in [0.2, 0.25) is 5.91 Å². The fraction of sp³-hybridized carbons (Fsp3) is 0.481. The zero-order valence-corrected chi connectivity index (χ0v) is 64.1. The van der Waals surface area contributed by atoms with Gasteiger partial charge < -0.3 is 44.1 Å². The molecule has 1 aliphatic carbocycles. The second-order valence-corrected chi connectivity index (χ2v) is 28.7. The number of H-pyrrole nitrogens is 3. The topological polar surface area (TPSA) is 361 Å². The van der Waals surface area contributed by atoms with Gasteiger partial charge in [-0.15, -0.1) is 0 Å². The van der Waals surface area contributed by atoms with Gasteiger partial charge in [-0.25, -0.2) is 25.9 Å². The van der Waals surface area contributed by atoms with Gasteiger partial charge in [0, 0.05) is 77.1 Å². The standard InChI is InChI=1S/C30H36N6O4.C26H35N5O4.C25H33N5O4/c1-4-6-24-26-27(35(3)33-24)30(38)32-28(31-26)23-18-20(7-12-25(23)40-5-2)17-19-13-15-36(16-14-19)22-10-8-21(9-11-22)29(37)34-39;1-4-6-20-23-24(31(3)29-20)26(33)28-25(27-23)19-14-18(11-12-21(19)35-5-2)13-16-7-9-17(10-8-16)15-22(32)30-34;1-4-6-20-22-23(29(3)28-20)25(33)27-24(26-22)19-14-17(7-8-21(19)34-5-2)30-11-9-16(10-12-30)13-18(32)15-31/h7-12,18-19,39H,4-6,13-17H2,1-3H3,(H,34,37)(H,31,32,38);11-12,14,16-17,34H,4-10,13,15H2,1-3H3,(H,30,32)(H,27,28,33);7-8,14,16,31H,4-6,9-13,15H2,1-3H3,(H,26,27,33). The van der Waals surface area contributed by atoms with Crippen LogP contribution in [0.2, 0.25) is 0 Å². The SMILES string of the molecule is CCCc1nn(C)c2c(=O)[nH]c(-c3cc(CC4CCC(CC(=O)NO)CC4)ccc3OCC)nc12.CCCc1nn(C)c2c(=O)[nH]c(-c3cc(CC4CCN(c5ccc(C(=O)NO)cc5)CC4)ccc3OCC)nc12.CCCc1nn(C)c2c(=O)[nH]c(-c3cc(N4CCC(CC(=O)CO)CC4)ccc3OCC)nc12. The molecule has 3 fully saturated rings. The predicted molar refractivity (Wildman–Crippen MR) is 419 cm³/mol. The summed E-state index contributed by atoms with van der Waals surface area (Å²) in [4.78, 5) is 102. The molecule has 8 heterocycles. The van der Waals surface area contributed by atoms with E-state index in [2.05, 4.69) is 85.1 Å². The fourth-order valence-electron chi connectivity index (χ4n) is 15.5. The van der Waals surface area contributed by atoms with Crippen molar-refractivity contribution in [3.05, 3.63) is 144 Å². The maximum absolute atomic E-state index is 13.1. The first-order valence-electron chi connectivity index (χ1n) is 38.6. The van der Waals surface area contributed by atoms with Gasteiger partial charge in [-0.2, -0.15) is 15.3 Å². The van der Waals surface area contributed by atoms with E-state index in [1.54, 1.807) is 58.3 Å². The Morgan fingerprint density at radius 1 is 0.468 bits per heavy atom. The average Bonchev–Trinajstić information content (AvgIpc) is 1.70. The lowest BCUT2D eigenvalue weighted by Gasteiger charge is -2.34. The molecule has 3 aliphatic rings. The lowest BCUT2D eigenvalue weighted by atomic mass is 9.78. The number of aliphatic hydroxyl groups excluding tert-OH is 1. The highest BCUT2D eigenvalue weighted by atomic mass is 16.5. The number of aromatic nitrogens is 12. The zero-order valence-electron chi connectivity index (χ0n) is 64.1. The minimum Gasteiger partial charge on any atom is -0.493 e. The first kappa shape index (κ1) is 79.5. The van der Waals surface area contributed by atoms with Gasteiger partial charge in [0.1, 0.15) is 57.9 Å². The summed E-state index contributed by atoms with van der Waals surface area (Å²) >= 11 is 0. The number of hydroxylamine groups is 2. The number of benzene rings is 4. The largest absolute Gasteiger partial charge is 0.493 e. The Balaban J connectivity index is 0.000000163. The molecule has 0 spiro atoms. The second kappa shape index (κ2) is 37.0. The number of aryl methyl sites for hydroxylation is 6. The number of fused-ring (bicyclic) bond motifs is 3. The minimum atomic E-state index is -0.513. The van der Waals surface area contributed by atoms with Crippen LogP contribution >= 0.6 is 0 Å². The van der Waals surface area contributed by atoms with E-state index in [0.29, 0.717) is 130 Å². The monoisotopic (exact) mass is 1490 g/mol. The normalized spacial score (nSPS) is 15.5. The summed E-state index contributed by atoms with van der Waals surface area (Å²) in [5, 5.41) is 40.2. The summed E-state index contributed by atoms with van der Waals surface area (Å²) in [6.45, 7) is 16.7. The van der Waals surface area contributed by atoms with E-state index in [1.807, 2.05) is 63.2 Å². The van der Waals surface area contributed by atoms with Crippen molar-refractivity contribution in [1.82, 2.24) is 70.2 Å². The molecule has 580 valence electrons. The molecule has 2 amide bonds. The van der Waals surface area contributed by atoms with Crippen molar-refractivity contribution in [2.45, 2.75) is 157 Å². The first-order chi connectivity index (χ1) is 52.8. The number of aliphatic hydroxyl groups is 1. The van der Waals surface area contributed by atoms with Gasteiger partial charge in [0.05, 0.1) is 53.6 Å². The van der Waals surface area contributed by atoms with Crippen LogP contribution < -0.4 is 51.6 Å². The molecule has 2 aliphatic heterocycles. The Bertz CT molecular complexity index is 4990. The number of hydrogen-bond acceptors (Lipinski definition) is 20. The van der Waals surface area contributed by atoms with Crippen LogP contribution in [-0.2, 0) is 62.8 Å². The van der Waals surface area contributed by atoms with Crippen molar-refractivity contribution in [3.8, 4) is 51.4 Å². The maximum Gasteiger partial charge on any atom is 0.277 e. The Kier molecular flexibility index (Phi) is 27.0. The van der Waals surface area contributed by atoms with E-state index in [0.717, 1.165) is 174 Å². The van der Waals surface area contributed by atoms with Crippen LogP contribution in [0.3, 0.4) is 0 Å². The van der Waals surface area contributed by atoms with Gasteiger partial charge >= 0.3 is 0 Å². The molecule has 109 heavy (non-hydrogen) atoms. The zero-order chi connectivity index (χ0) is 77.4. The summed E-state index contributed by atoms with van der Waals surface area (Å²) in [6, 6.07) is 25.6. The third-order valence-corrected chi connectivity index (χ3v) is 21.0. The second-order valence-electron chi connectivity index (χ2n) is 28.7. The van der Waals surface area contributed by atoms with Gasteiger partial charge in [-0.05, 0) is 206 Å². The summed E-state index contributed by atoms with van der Waals surface area (Å²) in [7, 11) is 5.32. The summed E-state index contributed by atoms with van der Waals surface area (Å²) in [5.74, 6) is 4.29. The number of nitrogens with one attached hydrogen (secondary N) is 5. The van der Waals surface area contributed by atoms with Gasteiger partial charge in [0.25, 0.3) is 22.6 Å². The Morgan fingerprint density at radius 3 is 1.23 bits per heavy atom. The van der Waals surface area contributed by atoms with Crippen LogP contribution in [0.1, 0.15) is 164 Å². The molecule has 28 heteroatoms. The molecule has 4 aromatic carbocycles. The number of ether oxygens (including phenoxy) is 3. The van der Waals surface area contributed by atoms with E-state index in [4.69, 9.17) is 44.7 Å². The molecule has 6 aromatic heterocycles. The van der Waals surface area contributed by atoms with Crippen molar-refractivity contribution in [2.75, 3.05) is 62.4 Å². The Labute approximate surface area is 633 Å². The van der Waals surface area contributed by atoms with E-state index < -0.39 is 5.91 Å². The molecule has 13 rings (SSSR count). The van der Waals surface area contributed by atoms with Crippen LogP contribution in [0, 0.1) is 23.7 Å². The maximum atomic E-state index is 13.1. The molecular formula is C81H104N16O12. The number of carbonyl (C=O) groups is 3. The number of ketones is 1. The Hall–Kier alpha value is -10.6. The highest BCUT2D eigenvalue weighted by Crippen LogP contribution is 2.39. The third-order valence-electron chi connectivity index (χ3n) is 21.0. The van der Waals surface area contributed by atoms with Gasteiger partial charge in [-0.3, -0.25) is 53.2 Å². The molecule has 10 aromatic rings. The molecule has 0 atom stereocenters. The van der Waals surface area contributed by atoms with E-state index in [1.165, 1.54) is 11.1 Å². The number of piperidine rings is 2. The number of carbonyl (C=O) groups excluding carboxylic acids is 3. The van der Waals surface area contributed by atoms with Crippen LogP contribution in [0.15, 0.2) is 93.2 Å². The predicted octanol–water partition coefficient (Wildman–Crippen LogP) is 11.0. The van der Waals surface area contributed by atoms with E-state index in [-0.39, 0.29) is 35.0 Å². The molecule has 1 saturated carbocycles. The van der Waals surface area contributed by atoms with Gasteiger partial charge in [0.15, 0.2) is 22.3 Å². The smallest absolute Gasteiger partial charge is 0.277 e. The molecule has 0 radical (unpaired) electrons. The minimum absolute atomic E-state index is 0.0925. The number of nitrogens with zero attached hydrogens (tertiary/aromatic N) is 11. The highest BCUT2D eigenvalue weighted by Gasteiger charge is 2.29. The number of amides is 2. The van der Waals surface area contributed by atoms with Crippen molar-refractivity contribution in [1.29, 1.82) is 0 Å². The first-order valence-corrected chi connectivity index (χ1v) is 38.6. The van der Waals surface area contributed by atoms with Crippen molar-refractivity contribution < 1.29 is 44.1 Å². The molecule has 0 bridgehead atoms. The summed E-state index contributed by atoms with van der Waals surface area (Å²) < 4.78 is 22.5. The van der Waals surface area contributed by atoms with Crippen molar-refractivity contribution >= 4 is 62.1 Å². The Morgan fingerprint density at radius 2 is 0.835 bits per heavy atom. The van der Waals surface area contributed by atoms with Crippen molar-refractivity contribution in [2.24, 2.45) is 44.8 Å². The lowest BCUT2D eigenvalue weighted by Crippen LogP contribution is -2.34. The lowest BCUT2D eigenvalue weighted by molar-refractivity contribution is -0.130. The van der Waals surface area contributed by atoms with Crippen LogP contribution in [0.25, 0.3) is 67.3 Å². The summed E-state index contributed by atoms with van der Waals surface area (Å²) in [6.07, 6.45) is 15.6. The van der Waals surface area contributed by atoms with E-state index in [9.17, 15) is 28.8 Å².